The number of aromatic nitrogens is 7. The Morgan fingerprint density at radius 2 is 2.06 bits per heavy atom. The molecule has 13 nitrogen and oxygen atoms in total. The summed E-state index contributed by atoms with van der Waals surface area (Å²) < 4.78 is 14.3. The van der Waals surface area contributed by atoms with Crippen molar-refractivity contribution in [1.82, 2.24) is 34.3 Å². The zero-order valence-corrected chi connectivity index (χ0v) is 18.5. The first-order valence-electron chi connectivity index (χ1n) is 11.3. The van der Waals surface area contributed by atoms with Crippen LogP contribution in [0.5, 0.6) is 0 Å². The lowest BCUT2D eigenvalue weighted by atomic mass is 10.1. The Balaban J connectivity index is 1.44. The zero-order chi connectivity index (χ0) is 23.9. The molecule has 0 saturated carbocycles. The number of rotatable bonds is 6. The molecule has 0 spiro atoms. The van der Waals surface area contributed by atoms with Crippen molar-refractivity contribution in [1.29, 1.82) is 0 Å². The minimum atomic E-state index is -1.27. The molecule has 0 radical (unpaired) electrons. The zero-order valence-electron chi connectivity index (χ0n) is 18.5. The van der Waals surface area contributed by atoms with Gasteiger partial charge in [-0.15, -0.1) is 0 Å². The number of hydrogen-bond acceptors (Lipinski definition) is 11. The minimum Gasteiger partial charge on any atom is -0.394 e. The van der Waals surface area contributed by atoms with Crippen LogP contribution >= 0.6 is 0 Å². The summed E-state index contributed by atoms with van der Waals surface area (Å²) >= 11 is 0. The van der Waals surface area contributed by atoms with Crippen LogP contribution in [0.15, 0.2) is 43.1 Å². The largest absolute Gasteiger partial charge is 0.394 e. The summed E-state index contributed by atoms with van der Waals surface area (Å²) in [4.78, 5) is 18.2. The number of imidazole rings is 1. The summed E-state index contributed by atoms with van der Waals surface area (Å²) in [5.74, 6) is 0.760. The maximum Gasteiger partial charge on any atom is 0.254 e. The molecule has 2 fully saturated rings. The van der Waals surface area contributed by atoms with Crippen molar-refractivity contribution >= 4 is 17.0 Å². The van der Waals surface area contributed by atoms with E-state index in [0.717, 1.165) is 17.7 Å². The summed E-state index contributed by atoms with van der Waals surface area (Å²) in [5.41, 5.74) is 2.40. The Labute approximate surface area is 199 Å². The van der Waals surface area contributed by atoms with Gasteiger partial charge in [0, 0.05) is 24.6 Å². The van der Waals surface area contributed by atoms with Crippen molar-refractivity contribution in [3.05, 3.63) is 43.1 Å². The molecule has 2 saturated heterocycles. The predicted octanol–water partition coefficient (Wildman–Crippen LogP) is -0.114. The molecule has 0 aliphatic carbocycles. The third-order valence-electron chi connectivity index (χ3n) is 6.22. The first kappa shape index (κ1) is 22.0. The Hall–Kier alpha value is -3.49. The van der Waals surface area contributed by atoms with Gasteiger partial charge in [0.15, 0.2) is 23.2 Å². The summed E-state index contributed by atoms with van der Waals surface area (Å²) in [7, 11) is 0. The average Bonchev–Trinajstić information content (AvgIpc) is 3.68. The third kappa shape index (κ3) is 3.92. The van der Waals surface area contributed by atoms with E-state index in [0.29, 0.717) is 30.2 Å². The van der Waals surface area contributed by atoms with Gasteiger partial charge in [-0.3, -0.25) is 9.55 Å². The first-order chi connectivity index (χ1) is 17.1. The van der Waals surface area contributed by atoms with Gasteiger partial charge in [0.1, 0.15) is 18.3 Å². The molecule has 2 aliphatic rings. The maximum atomic E-state index is 10.6. The summed E-state index contributed by atoms with van der Waals surface area (Å²) in [6, 6.07) is 5.68. The quantitative estimate of drug-likeness (QED) is 0.291. The molecule has 4 aromatic heterocycles. The van der Waals surface area contributed by atoms with E-state index >= 15 is 0 Å². The third-order valence-corrected chi connectivity index (χ3v) is 6.22. The lowest BCUT2D eigenvalue weighted by Crippen LogP contribution is -2.33. The van der Waals surface area contributed by atoms with Crippen LogP contribution in [0, 0.1) is 0 Å². The Morgan fingerprint density at radius 1 is 1.14 bits per heavy atom. The molecule has 0 amide bonds. The molecular formula is C22H24N8O5. The molecule has 4 N–H and O–H groups in total. The van der Waals surface area contributed by atoms with E-state index in [4.69, 9.17) is 9.47 Å². The van der Waals surface area contributed by atoms with Crippen molar-refractivity contribution in [2.24, 2.45) is 0 Å². The van der Waals surface area contributed by atoms with Gasteiger partial charge in [0.05, 0.1) is 37.5 Å². The molecule has 13 heteroatoms. The van der Waals surface area contributed by atoms with E-state index in [1.54, 1.807) is 18.6 Å². The van der Waals surface area contributed by atoms with E-state index in [1.807, 2.05) is 18.2 Å². The second kappa shape index (κ2) is 8.94. The second-order valence-corrected chi connectivity index (χ2v) is 8.52. The lowest BCUT2D eigenvalue weighted by molar-refractivity contribution is -0.0511. The van der Waals surface area contributed by atoms with E-state index in [9.17, 15) is 15.3 Å². The van der Waals surface area contributed by atoms with Crippen molar-refractivity contribution in [2.75, 3.05) is 25.1 Å². The van der Waals surface area contributed by atoms with Gasteiger partial charge in [-0.2, -0.15) is 15.1 Å². The highest BCUT2D eigenvalue weighted by Crippen LogP contribution is 2.33. The molecule has 5 atom stereocenters. The molecule has 4 aromatic rings. The molecule has 0 aromatic carbocycles. The molecule has 6 heterocycles. The van der Waals surface area contributed by atoms with Gasteiger partial charge in [-0.1, -0.05) is 6.07 Å². The van der Waals surface area contributed by atoms with Gasteiger partial charge in [-0.25, -0.2) is 9.67 Å². The first-order valence-corrected chi connectivity index (χ1v) is 11.3. The smallest absolute Gasteiger partial charge is 0.254 e. The van der Waals surface area contributed by atoms with Gasteiger partial charge in [-0.05, 0) is 18.6 Å². The molecule has 35 heavy (non-hydrogen) atoms. The molecule has 0 bridgehead atoms. The van der Waals surface area contributed by atoms with Crippen LogP contribution in [0.2, 0.25) is 0 Å². The number of aliphatic hydroxyl groups is 3. The molecule has 182 valence electrons. The van der Waals surface area contributed by atoms with Crippen molar-refractivity contribution in [2.45, 2.75) is 37.0 Å². The normalized spacial score (nSPS) is 26.5. The molecule has 6 rings (SSSR count). The Kier molecular flexibility index (Phi) is 5.62. The van der Waals surface area contributed by atoms with Crippen LogP contribution in [0.1, 0.15) is 12.6 Å². The van der Waals surface area contributed by atoms with E-state index in [2.05, 4.69) is 30.4 Å². The second-order valence-electron chi connectivity index (χ2n) is 8.52. The fraction of sp³-hybridized carbons (Fsp3) is 0.409. The van der Waals surface area contributed by atoms with Crippen LogP contribution in [-0.2, 0) is 9.47 Å². The van der Waals surface area contributed by atoms with Crippen molar-refractivity contribution < 1.29 is 24.8 Å². The Bertz CT molecular complexity index is 1320. The van der Waals surface area contributed by atoms with E-state index in [1.165, 1.54) is 15.6 Å². The van der Waals surface area contributed by atoms with Gasteiger partial charge in [0.2, 0.25) is 0 Å². The van der Waals surface area contributed by atoms with Crippen LogP contribution in [0.3, 0.4) is 0 Å². The maximum absolute atomic E-state index is 10.6. The summed E-state index contributed by atoms with van der Waals surface area (Å²) in [6.45, 7) is 0.768. The molecule has 2 unspecified atom stereocenters. The van der Waals surface area contributed by atoms with Gasteiger partial charge < -0.3 is 30.1 Å². The van der Waals surface area contributed by atoms with Gasteiger partial charge in [0.25, 0.3) is 5.95 Å². The SMILES string of the molecule is OCC1OC(n2cnc3c(N[C@@H]4CCOC4)nc(-n4cc(-c5ccccn5)cn4)nc32)[C@H](O)[C@@H]1O. The number of nitrogens with zero attached hydrogens (tertiary/aromatic N) is 7. The van der Waals surface area contributed by atoms with Crippen LogP contribution in [-0.4, -0.2) is 93.8 Å². The highest BCUT2D eigenvalue weighted by Gasteiger charge is 2.44. The van der Waals surface area contributed by atoms with Crippen LogP contribution in [0.4, 0.5) is 5.82 Å². The average molecular weight is 480 g/mol. The minimum absolute atomic E-state index is 0.0571. The topological polar surface area (TPSA) is 165 Å². The number of nitrogens with one attached hydrogen (secondary N) is 1. The van der Waals surface area contributed by atoms with E-state index < -0.39 is 31.1 Å². The number of hydrogen-bond donors (Lipinski definition) is 4. The fourth-order valence-corrected chi connectivity index (χ4v) is 4.34. The number of anilines is 1. The van der Waals surface area contributed by atoms with E-state index in [-0.39, 0.29) is 12.0 Å². The monoisotopic (exact) mass is 480 g/mol. The highest BCUT2D eigenvalue weighted by molar-refractivity contribution is 5.84. The lowest BCUT2D eigenvalue weighted by Gasteiger charge is -2.17. The fourth-order valence-electron chi connectivity index (χ4n) is 4.34. The molecule has 2 aliphatic heterocycles. The highest BCUT2D eigenvalue weighted by atomic mass is 16.6. The number of pyridine rings is 1. The van der Waals surface area contributed by atoms with Gasteiger partial charge >= 0.3 is 0 Å². The summed E-state index contributed by atoms with van der Waals surface area (Å²) in [5, 5.41) is 38.1. The number of aliphatic hydroxyl groups excluding tert-OH is 3. The van der Waals surface area contributed by atoms with Crippen LogP contribution in [0.25, 0.3) is 28.4 Å². The standard InChI is InChI=1S/C22H24N8O5/c31-9-15-17(32)18(33)21(35-15)29-11-24-16-19(26-13-4-6-34-10-13)27-22(28-20(16)29)30-8-12(7-25-30)14-3-1-2-5-23-14/h1-3,5,7-8,11,13,15,17-18,21,31-33H,4,6,9-10H2,(H,26,27,28)/t13-,15?,17-,18-,21?/m1/s1. The Morgan fingerprint density at radius 3 is 2.80 bits per heavy atom. The van der Waals surface area contributed by atoms with Crippen molar-refractivity contribution in [3.8, 4) is 17.2 Å². The molecular weight excluding hydrogens is 456 g/mol. The summed E-state index contributed by atoms with van der Waals surface area (Å²) in [6.07, 6.45) is 3.03. The van der Waals surface area contributed by atoms with Crippen molar-refractivity contribution in [3.63, 3.8) is 0 Å². The predicted molar refractivity (Wildman–Crippen MR) is 122 cm³/mol. The number of fused-ring (bicyclic) bond motifs is 1. The van der Waals surface area contributed by atoms with Crippen LogP contribution < -0.4 is 5.32 Å². The number of ether oxygens (including phenoxy) is 2.